The highest BCUT2D eigenvalue weighted by atomic mass is 35.5. The van der Waals surface area contributed by atoms with Gasteiger partial charge in [0.05, 0.1) is 22.7 Å². The molecule has 3 aliphatic heterocycles. The average Bonchev–Trinajstić information content (AvgIpc) is 2.66. The van der Waals surface area contributed by atoms with Crippen LogP contribution < -0.4 is 10.1 Å². The lowest BCUT2D eigenvalue weighted by atomic mass is 9.94. The number of urea groups is 1. The van der Waals surface area contributed by atoms with Gasteiger partial charge in [-0.1, -0.05) is 11.6 Å². The van der Waals surface area contributed by atoms with Crippen LogP contribution in [0.4, 0.5) is 18.0 Å². The monoisotopic (exact) mass is 461 g/mol. The van der Waals surface area contributed by atoms with Crippen LogP contribution in [0.15, 0.2) is 18.2 Å². The molecule has 3 atom stereocenters. The molecule has 3 amide bonds. The van der Waals surface area contributed by atoms with Crippen LogP contribution in [0.25, 0.3) is 0 Å². The number of benzene rings is 1. The van der Waals surface area contributed by atoms with Gasteiger partial charge >= 0.3 is 12.2 Å². The Morgan fingerprint density at radius 3 is 2.71 bits per heavy atom. The number of halogens is 4. The third kappa shape index (κ3) is 4.69. The molecule has 3 heterocycles. The Labute approximate surface area is 182 Å². The summed E-state index contributed by atoms with van der Waals surface area (Å²) in [6.45, 7) is 3.79. The van der Waals surface area contributed by atoms with E-state index in [0.29, 0.717) is 32.6 Å². The number of amides is 3. The largest absolute Gasteiger partial charge is 0.489 e. The molecule has 1 aromatic carbocycles. The summed E-state index contributed by atoms with van der Waals surface area (Å²) in [5, 5.41) is 2.77. The van der Waals surface area contributed by atoms with E-state index in [-0.39, 0.29) is 53.5 Å². The zero-order valence-electron chi connectivity index (χ0n) is 16.8. The molecule has 4 rings (SSSR count). The third-order valence-corrected chi connectivity index (χ3v) is 6.31. The number of morpholine rings is 1. The Morgan fingerprint density at radius 2 is 2.03 bits per heavy atom. The van der Waals surface area contributed by atoms with Crippen molar-refractivity contribution in [2.24, 2.45) is 5.92 Å². The number of carbonyl (C=O) groups is 2. The second-order valence-electron chi connectivity index (χ2n) is 8.17. The molecule has 3 aliphatic rings. The SMILES string of the molecule is CC(Oc1ccc(C(F)(F)F)cc1Cl)C1CN(C(=O)N2CC[C@@H]3OCC(=O)N[C@@H]3C2)C1. The van der Waals surface area contributed by atoms with Crippen molar-refractivity contribution >= 4 is 23.5 Å². The molecule has 11 heteroatoms. The molecular weight excluding hydrogens is 439 g/mol. The first kappa shape index (κ1) is 22.0. The van der Waals surface area contributed by atoms with Crippen LogP contribution >= 0.6 is 11.6 Å². The molecule has 1 aromatic rings. The van der Waals surface area contributed by atoms with E-state index < -0.39 is 11.7 Å². The van der Waals surface area contributed by atoms with Crippen LogP contribution in [-0.2, 0) is 15.7 Å². The molecule has 7 nitrogen and oxygen atoms in total. The average molecular weight is 462 g/mol. The van der Waals surface area contributed by atoms with Gasteiger partial charge in [-0.15, -0.1) is 0 Å². The van der Waals surface area contributed by atoms with E-state index in [0.717, 1.165) is 12.1 Å². The number of nitrogens with zero attached hydrogens (tertiary/aromatic N) is 2. The van der Waals surface area contributed by atoms with Gasteiger partial charge in [-0.05, 0) is 31.5 Å². The van der Waals surface area contributed by atoms with Gasteiger partial charge < -0.3 is 24.6 Å². The Bertz CT molecular complexity index is 863. The van der Waals surface area contributed by atoms with Crippen LogP contribution in [-0.4, -0.2) is 72.8 Å². The first-order valence-corrected chi connectivity index (χ1v) is 10.5. The topological polar surface area (TPSA) is 71.1 Å². The van der Waals surface area contributed by atoms with E-state index in [1.165, 1.54) is 6.07 Å². The van der Waals surface area contributed by atoms with Gasteiger partial charge in [-0.2, -0.15) is 13.2 Å². The Balaban J connectivity index is 1.28. The van der Waals surface area contributed by atoms with Crippen LogP contribution in [0.2, 0.25) is 5.02 Å². The number of alkyl halides is 3. The summed E-state index contributed by atoms with van der Waals surface area (Å²) < 4.78 is 49.6. The summed E-state index contributed by atoms with van der Waals surface area (Å²) in [5.41, 5.74) is -0.832. The standard InChI is InChI=1S/C20H23ClF3N3O4/c1-11(31-16-3-2-13(6-14(16)21)20(22,23)24)12-7-27(8-12)19(29)26-5-4-17-15(9-26)25-18(28)10-30-17/h2-3,6,11-12,15,17H,4-5,7-10H2,1H3,(H,25,28)/t11?,15-,17+/m1/s1. The highest BCUT2D eigenvalue weighted by Gasteiger charge is 2.41. The summed E-state index contributed by atoms with van der Waals surface area (Å²) in [6, 6.07) is 2.70. The maximum absolute atomic E-state index is 12.8. The fourth-order valence-electron chi connectivity index (χ4n) is 4.11. The maximum Gasteiger partial charge on any atom is 0.416 e. The fraction of sp³-hybridized carbons (Fsp3) is 0.600. The number of hydrogen-bond donors (Lipinski definition) is 1. The van der Waals surface area contributed by atoms with Crippen LogP contribution in [0.5, 0.6) is 5.75 Å². The second-order valence-corrected chi connectivity index (χ2v) is 8.58. The molecule has 0 aliphatic carbocycles. The smallest absolute Gasteiger partial charge is 0.416 e. The highest BCUT2D eigenvalue weighted by molar-refractivity contribution is 6.32. The van der Waals surface area contributed by atoms with Gasteiger partial charge in [0.2, 0.25) is 5.91 Å². The van der Waals surface area contributed by atoms with E-state index in [2.05, 4.69) is 5.32 Å². The lowest BCUT2D eigenvalue weighted by molar-refractivity contribution is -0.140. The minimum Gasteiger partial charge on any atom is -0.489 e. The van der Waals surface area contributed by atoms with Crippen molar-refractivity contribution in [3.05, 3.63) is 28.8 Å². The van der Waals surface area contributed by atoms with Crippen molar-refractivity contribution in [2.75, 3.05) is 32.8 Å². The van der Waals surface area contributed by atoms with Gasteiger partial charge in [0.1, 0.15) is 18.5 Å². The Hall–Kier alpha value is -2.20. The number of carbonyl (C=O) groups excluding carboxylic acids is 2. The van der Waals surface area contributed by atoms with Crippen molar-refractivity contribution in [2.45, 2.75) is 37.8 Å². The molecule has 0 spiro atoms. The predicted molar refractivity (Wildman–Crippen MR) is 105 cm³/mol. The van der Waals surface area contributed by atoms with Crippen molar-refractivity contribution in [1.82, 2.24) is 15.1 Å². The van der Waals surface area contributed by atoms with Gasteiger partial charge in [0, 0.05) is 32.1 Å². The molecule has 3 fully saturated rings. The van der Waals surface area contributed by atoms with Gasteiger partial charge in [0.15, 0.2) is 0 Å². The molecule has 0 saturated carbocycles. The van der Waals surface area contributed by atoms with E-state index in [1.807, 2.05) is 0 Å². The predicted octanol–water partition coefficient (Wildman–Crippen LogP) is 2.77. The molecule has 31 heavy (non-hydrogen) atoms. The Kier molecular flexibility index (Phi) is 5.95. The van der Waals surface area contributed by atoms with Crippen molar-refractivity contribution in [3.63, 3.8) is 0 Å². The van der Waals surface area contributed by atoms with Crippen molar-refractivity contribution in [1.29, 1.82) is 0 Å². The summed E-state index contributed by atoms with van der Waals surface area (Å²) in [4.78, 5) is 27.7. The van der Waals surface area contributed by atoms with Gasteiger partial charge in [-0.3, -0.25) is 4.79 Å². The van der Waals surface area contributed by atoms with Gasteiger partial charge in [-0.25, -0.2) is 4.79 Å². The van der Waals surface area contributed by atoms with Crippen LogP contribution in [0, 0.1) is 5.92 Å². The molecule has 1 unspecified atom stereocenters. The number of nitrogens with one attached hydrogen (secondary N) is 1. The zero-order valence-corrected chi connectivity index (χ0v) is 17.6. The first-order chi connectivity index (χ1) is 14.6. The lowest BCUT2D eigenvalue weighted by Gasteiger charge is -2.47. The molecule has 1 N–H and O–H groups in total. The minimum atomic E-state index is -4.47. The van der Waals surface area contributed by atoms with Crippen molar-refractivity contribution < 1.29 is 32.2 Å². The molecule has 0 aromatic heterocycles. The summed E-state index contributed by atoms with van der Waals surface area (Å²) in [7, 11) is 0. The number of hydrogen-bond acceptors (Lipinski definition) is 4. The number of fused-ring (bicyclic) bond motifs is 1. The third-order valence-electron chi connectivity index (χ3n) is 6.01. The lowest BCUT2D eigenvalue weighted by Crippen LogP contribution is -2.64. The second kappa shape index (κ2) is 8.38. The first-order valence-electron chi connectivity index (χ1n) is 10.1. The highest BCUT2D eigenvalue weighted by Crippen LogP contribution is 2.36. The van der Waals surface area contributed by atoms with E-state index >= 15 is 0 Å². The van der Waals surface area contributed by atoms with E-state index in [9.17, 15) is 22.8 Å². The normalized spacial score (nSPS) is 25.4. The fourth-order valence-corrected chi connectivity index (χ4v) is 4.33. The summed E-state index contributed by atoms with van der Waals surface area (Å²) in [5.74, 6) is 0.0482. The number of piperidine rings is 1. The minimum absolute atomic E-state index is 0.0394. The molecule has 170 valence electrons. The Morgan fingerprint density at radius 1 is 1.29 bits per heavy atom. The van der Waals surface area contributed by atoms with Crippen LogP contribution in [0.3, 0.4) is 0 Å². The van der Waals surface area contributed by atoms with E-state index in [1.54, 1.807) is 16.7 Å². The number of rotatable bonds is 3. The molecule has 0 bridgehead atoms. The zero-order chi connectivity index (χ0) is 22.3. The van der Waals surface area contributed by atoms with Crippen molar-refractivity contribution in [3.8, 4) is 5.75 Å². The van der Waals surface area contributed by atoms with E-state index in [4.69, 9.17) is 21.1 Å². The molecule has 0 radical (unpaired) electrons. The van der Waals surface area contributed by atoms with Gasteiger partial charge in [0.25, 0.3) is 0 Å². The summed E-state index contributed by atoms with van der Waals surface area (Å²) >= 11 is 5.96. The number of likely N-dealkylation sites (tertiary alicyclic amines) is 2. The van der Waals surface area contributed by atoms with Crippen LogP contribution in [0.1, 0.15) is 18.9 Å². The number of ether oxygens (including phenoxy) is 2. The molecule has 3 saturated heterocycles. The summed E-state index contributed by atoms with van der Waals surface area (Å²) in [6.07, 6.45) is -4.19. The maximum atomic E-state index is 12.8. The quantitative estimate of drug-likeness (QED) is 0.751. The molecular formula is C20H23ClF3N3O4.